The molecule has 4 rings (SSSR count). The van der Waals surface area contributed by atoms with E-state index in [0.29, 0.717) is 12.1 Å². The topological polar surface area (TPSA) is 12.9 Å². The van der Waals surface area contributed by atoms with E-state index in [9.17, 15) is 96.6 Å². The van der Waals surface area contributed by atoms with Gasteiger partial charge in [0, 0.05) is 22.3 Å². The Labute approximate surface area is 327 Å². The molecule has 0 bridgehead atoms. The van der Waals surface area contributed by atoms with Crippen molar-refractivity contribution in [3.05, 3.63) is 102 Å². The smallest absolute Gasteiger partial charge is 0.248 e. The molecule has 342 valence electrons. The molecule has 3 aromatic carbocycles. The second-order valence-corrected chi connectivity index (χ2v) is 12.9. The fourth-order valence-electron chi connectivity index (χ4n) is 5.27. The second kappa shape index (κ2) is 14.8. The first kappa shape index (κ1) is 49.6. The zero-order valence-electron chi connectivity index (χ0n) is 28.9. The number of hydrogen-bond donors (Lipinski definition) is 0. The summed E-state index contributed by atoms with van der Waals surface area (Å²) >= 11 is 0. The zero-order chi connectivity index (χ0) is 47.9. The normalized spacial score (nSPS) is 14.9. The fraction of sp³-hybridized carbons (Fsp3) is 0.343. The maximum absolute atomic E-state index is 15.6. The van der Waals surface area contributed by atoms with Crippen LogP contribution in [-0.4, -0.2) is 64.7 Å². The van der Waals surface area contributed by atoms with Crippen molar-refractivity contribution in [1.82, 2.24) is 4.98 Å². The van der Waals surface area contributed by atoms with Crippen LogP contribution in [0.4, 0.5) is 114 Å². The van der Waals surface area contributed by atoms with Crippen LogP contribution in [0.25, 0.3) is 33.6 Å². The fourth-order valence-corrected chi connectivity index (χ4v) is 5.27. The lowest BCUT2D eigenvalue weighted by Gasteiger charge is -2.41. The molecule has 0 saturated heterocycles. The number of hydrogen-bond acceptors (Lipinski definition) is 1. The van der Waals surface area contributed by atoms with E-state index >= 15 is 17.6 Å². The summed E-state index contributed by atoms with van der Waals surface area (Å²) in [6, 6.07) is 9.71. The molecular formula is C35H15F26N. The number of benzene rings is 3. The number of nitrogens with zero attached hydrogens (tertiary/aromatic N) is 1. The molecule has 1 aromatic heterocycles. The van der Waals surface area contributed by atoms with Crippen molar-refractivity contribution < 1.29 is 114 Å². The highest BCUT2D eigenvalue weighted by Gasteiger charge is 2.92. The third kappa shape index (κ3) is 7.22. The molecule has 0 fully saturated rings. The van der Waals surface area contributed by atoms with Crippen molar-refractivity contribution in [3.8, 4) is 33.6 Å². The summed E-state index contributed by atoms with van der Waals surface area (Å²) in [6.45, 7) is 0. The molecule has 0 atom stereocenters. The van der Waals surface area contributed by atoms with Gasteiger partial charge < -0.3 is 0 Å². The van der Waals surface area contributed by atoms with Gasteiger partial charge in [0.1, 0.15) is 0 Å². The van der Waals surface area contributed by atoms with Crippen LogP contribution in [0.3, 0.4) is 0 Å². The Morgan fingerprint density at radius 1 is 0.258 bits per heavy atom. The quantitative estimate of drug-likeness (QED) is 0.122. The molecule has 0 amide bonds. The third-order valence-electron chi connectivity index (χ3n) is 8.82. The molecule has 0 N–H and O–H groups in total. The van der Waals surface area contributed by atoms with Crippen molar-refractivity contribution in [2.75, 3.05) is 0 Å². The Bertz CT molecular complexity index is 2090. The van der Waals surface area contributed by atoms with E-state index in [1.54, 1.807) is 0 Å². The zero-order valence-corrected chi connectivity index (χ0v) is 28.9. The van der Waals surface area contributed by atoms with Gasteiger partial charge in [0.25, 0.3) is 0 Å². The first-order valence-corrected chi connectivity index (χ1v) is 15.8. The average molecular weight is 943 g/mol. The van der Waals surface area contributed by atoms with E-state index in [-0.39, 0.29) is 11.1 Å². The highest BCUT2D eigenvalue weighted by Crippen LogP contribution is 2.65. The predicted octanol–water partition coefficient (Wildman–Crippen LogP) is 14.5. The number of aromatic nitrogens is 1. The van der Waals surface area contributed by atoms with E-state index in [1.807, 2.05) is 0 Å². The maximum atomic E-state index is 15.6. The number of halogens is 26. The van der Waals surface area contributed by atoms with E-state index in [0.717, 1.165) is 24.3 Å². The SMILES string of the molecule is FC(F)(F)C(F)(F)C(F)(F)C(F)(F)C(F)(F)C(F)(F)c1cc(-c2cc(-c3ccccc3)nc(-c3ccccc3)c2)cc(C(F)(F)C(F)(F)C(F)(F)C(F)(F)C(F)(F)C(F)(F)F)c1. The minimum Gasteiger partial charge on any atom is -0.248 e. The molecule has 0 radical (unpaired) electrons. The Kier molecular flexibility index (Phi) is 11.8. The molecule has 27 heteroatoms. The van der Waals surface area contributed by atoms with Crippen LogP contribution >= 0.6 is 0 Å². The molecule has 0 aliphatic rings. The molecule has 1 nitrogen and oxygen atoms in total. The number of alkyl halides is 26. The maximum Gasteiger partial charge on any atom is 0.460 e. The van der Waals surface area contributed by atoms with Crippen molar-refractivity contribution in [2.24, 2.45) is 0 Å². The van der Waals surface area contributed by atoms with Gasteiger partial charge in [0.05, 0.1) is 11.4 Å². The molecule has 0 saturated carbocycles. The summed E-state index contributed by atoms with van der Waals surface area (Å²) < 4.78 is 367. The summed E-state index contributed by atoms with van der Waals surface area (Å²) in [6.07, 6.45) is -15.9. The molecule has 4 aromatic rings. The van der Waals surface area contributed by atoms with Crippen LogP contribution < -0.4 is 0 Å². The Morgan fingerprint density at radius 2 is 0.516 bits per heavy atom. The van der Waals surface area contributed by atoms with Crippen molar-refractivity contribution in [2.45, 2.75) is 71.6 Å². The van der Waals surface area contributed by atoms with E-state index in [2.05, 4.69) is 4.98 Å². The van der Waals surface area contributed by atoms with Crippen LogP contribution in [0.1, 0.15) is 11.1 Å². The monoisotopic (exact) mass is 943 g/mol. The van der Waals surface area contributed by atoms with E-state index in [1.165, 1.54) is 36.4 Å². The van der Waals surface area contributed by atoms with E-state index in [4.69, 9.17) is 0 Å². The minimum atomic E-state index is -8.71. The van der Waals surface area contributed by atoms with Crippen molar-refractivity contribution in [3.63, 3.8) is 0 Å². The molecular weight excluding hydrogens is 928 g/mol. The minimum absolute atomic E-state index is 0.100. The molecule has 0 unspecified atom stereocenters. The van der Waals surface area contributed by atoms with Crippen LogP contribution in [0.5, 0.6) is 0 Å². The Morgan fingerprint density at radius 3 is 0.790 bits per heavy atom. The van der Waals surface area contributed by atoms with Gasteiger partial charge in [-0.15, -0.1) is 0 Å². The Balaban J connectivity index is 2.15. The standard InChI is InChI=1S/C35H15F26N/c36-24(37,26(40,41)28(44,45)30(48,49)32(52,53)34(56,57)58)20-11-18(19-13-22(16-7-3-1-4-8-16)62-23(14-19)17-9-5-2-6-10-17)12-21(15-20)25(38,39)27(42,43)29(46,47)31(50,51)33(54,55)35(59,60)61/h1-15H. The largest absolute Gasteiger partial charge is 0.460 e. The van der Waals surface area contributed by atoms with Crippen LogP contribution in [0, 0.1) is 0 Å². The second-order valence-electron chi connectivity index (χ2n) is 12.9. The highest BCUT2D eigenvalue weighted by molar-refractivity contribution is 5.77. The van der Waals surface area contributed by atoms with Crippen molar-refractivity contribution in [1.29, 1.82) is 0 Å². The summed E-state index contributed by atoms with van der Waals surface area (Å²) in [5.41, 5.74) is -11.5. The van der Waals surface area contributed by atoms with Crippen LogP contribution in [0.15, 0.2) is 91.0 Å². The third-order valence-corrected chi connectivity index (χ3v) is 8.82. The van der Waals surface area contributed by atoms with Gasteiger partial charge in [-0.05, 0) is 41.5 Å². The summed E-state index contributed by atoms with van der Waals surface area (Å²) in [4.78, 5) is 4.10. The van der Waals surface area contributed by atoms with E-state index < -0.39 is 123 Å². The molecule has 0 aliphatic carbocycles. The highest BCUT2D eigenvalue weighted by atomic mass is 19.4. The first-order chi connectivity index (χ1) is 27.6. The molecule has 0 spiro atoms. The predicted molar refractivity (Wildman–Crippen MR) is 160 cm³/mol. The van der Waals surface area contributed by atoms with Gasteiger partial charge >= 0.3 is 71.6 Å². The number of rotatable bonds is 13. The summed E-state index contributed by atoms with van der Waals surface area (Å²) in [7, 11) is 0. The van der Waals surface area contributed by atoms with Gasteiger partial charge in [-0.25, -0.2) is 4.98 Å². The average Bonchev–Trinajstić information content (AvgIpc) is 3.16. The lowest BCUT2D eigenvalue weighted by Crippen LogP contribution is -2.69. The van der Waals surface area contributed by atoms with Gasteiger partial charge in [0.15, 0.2) is 0 Å². The van der Waals surface area contributed by atoms with Crippen LogP contribution in [-0.2, 0) is 11.8 Å². The van der Waals surface area contributed by atoms with Gasteiger partial charge in [0.2, 0.25) is 0 Å². The summed E-state index contributed by atoms with van der Waals surface area (Å²) in [5, 5.41) is 0. The summed E-state index contributed by atoms with van der Waals surface area (Å²) in [5.74, 6) is -83.7. The first-order valence-electron chi connectivity index (χ1n) is 15.8. The Hall–Kier alpha value is -5.01. The molecule has 1 heterocycles. The van der Waals surface area contributed by atoms with Crippen molar-refractivity contribution >= 4 is 0 Å². The molecule has 0 aliphatic heterocycles. The number of pyridine rings is 1. The van der Waals surface area contributed by atoms with Gasteiger partial charge in [-0.3, -0.25) is 0 Å². The lowest BCUT2D eigenvalue weighted by molar-refractivity contribution is -0.442. The van der Waals surface area contributed by atoms with Crippen LogP contribution in [0.2, 0.25) is 0 Å². The lowest BCUT2D eigenvalue weighted by atomic mass is 9.85. The van der Waals surface area contributed by atoms with Gasteiger partial charge in [-0.1, -0.05) is 60.7 Å². The molecule has 62 heavy (non-hydrogen) atoms. The van der Waals surface area contributed by atoms with Gasteiger partial charge in [-0.2, -0.15) is 114 Å².